The zero-order valence-electron chi connectivity index (χ0n) is 24.1. The number of nitrogens with zero attached hydrogens (tertiary/aromatic N) is 2. The van der Waals surface area contributed by atoms with Crippen LogP contribution in [0.4, 0.5) is 0 Å². The highest BCUT2D eigenvalue weighted by molar-refractivity contribution is 6.22. The van der Waals surface area contributed by atoms with E-state index in [0.29, 0.717) is 16.9 Å². The van der Waals surface area contributed by atoms with Gasteiger partial charge in [-0.1, -0.05) is 56.4 Å². The van der Waals surface area contributed by atoms with Crippen LogP contribution in [0.15, 0.2) is 59.1 Å². The SMILES string of the molecule is [2H]C([2H])([2H])c1ccc2c(n1)oc1c(-c3cc(C([2H])([2H])C4CCCCC4)cc[n+]3C)c(C)c3ccccc3c12. The zero-order valence-corrected chi connectivity index (χ0v) is 19.1. The fourth-order valence-electron chi connectivity index (χ4n) is 5.45. The smallest absolute Gasteiger partial charge is 0.227 e. The molecule has 0 bridgehead atoms. The van der Waals surface area contributed by atoms with Crippen molar-refractivity contribution in [1.29, 1.82) is 0 Å². The number of fused-ring (bicyclic) bond motifs is 5. The first-order valence-corrected chi connectivity index (χ1v) is 11.8. The van der Waals surface area contributed by atoms with Gasteiger partial charge in [0.2, 0.25) is 11.4 Å². The van der Waals surface area contributed by atoms with E-state index in [-0.39, 0.29) is 11.6 Å². The molecule has 0 unspecified atom stereocenters. The van der Waals surface area contributed by atoms with Crippen LogP contribution in [0.5, 0.6) is 0 Å². The Labute approximate surface area is 202 Å². The van der Waals surface area contributed by atoms with Crippen molar-refractivity contribution in [1.82, 2.24) is 4.98 Å². The third-order valence-electron chi connectivity index (χ3n) is 7.14. The van der Waals surface area contributed by atoms with Gasteiger partial charge in [0.05, 0.1) is 5.56 Å². The molecule has 3 heteroatoms. The molecule has 3 nitrogen and oxygen atoms in total. The Bertz CT molecular complexity index is 1700. The molecule has 1 aliphatic rings. The molecular formula is C30H31N2O+. The second-order valence-corrected chi connectivity index (χ2v) is 9.29. The third-order valence-corrected chi connectivity index (χ3v) is 7.14. The molecule has 5 aromatic rings. The zero-order chi connectivity index (χ0) is 26.8. The molecule has 166 valence electrons. The average molecular weight is 441 g/mol. The van der Waals surface area contributed by atoms with E-state index >= 15 is 0 Å². The first-order chi connectivity index (χ1) is 18.1. The largest absolute Gasteiger partial charge is 0.437 e. The maximum atomic E-state index is 9.08. The van der Waals surface area contributed by atoms with Gasteiger partial charge in [0.1, 0.15) is 7.05 Å². The summed E-state index contributed by atoms with van der Waals surface area (Å²) in [5, 5.41) is 3.74. The number of benzene rings is 2. The van der Waals surface area contributed by atoms with Crippen LogP contribution in [-0.2, 0) is 13.4 Å². The number of aromatic nitrogens is 2. The average Bonchev–Trinajstić information content (AvgIpc) is 3.28. The third kappa shape index (κ3) is 3.42. The van der Waals surface area contributed by atoms with Crippen LogP contribution in [0.2, 0.25) is 0 Å². The summed E-state index contributed by atoms with van der Waals surface area (Å²) in [5.41, 5.74) is 4.35. The topological polar surface area (TPSA) is 29.9 Å². The van der Waals surface area contributed by atoms with E-state index in [2.05, 4.69) is 24.0 Å². The summed E-state index contributed by atoms with van der Waals surface area (Å²) < 4.78 is 50.0. The lowest BCUT2D eigenvalue weighted by molar-refractivity contribution is -0.660. The molecule has 1 fully saturated rings. The molecule has 0 aliphatic heterocycles. The Morgan fingerprint density at radius 1 is 1.06 bits per heavy atom. The summed E-state index contributed by atoms with van der Waals surface area (Å²) in [7, 11) is 1.96. The van der Waals surface area contributed by atoms with Crippen LogP contribution in [0, 0.1) is 19.7 Å². The van der Waals surface area contributed by atoms with E-state index in [1.165, 1.54) is 6.42 Å². The van der Waals surface area contributed by atoms with Gasteiger partial charge in [-0.25, -0.2) is 9.55 Å². The summed E-state index contributed by atoms with van der Waals surface area (Å²) in [6.45, 7) is -0.270. The van der Waals surface area contributed by atoms with Crippen molar-refractivity contribution in [3.05, 3.63) is 71.5 Å². The first-order valence-electron chi connectivity index (χ1n) is 14.3. The summed E-state index contributed by atoms with van der Waals surface area (Å²) >= 11 is 0. The molecule has 0 N–H and O–H groups in total. The van der Waals surface area contributed by atoms with Crippen molar-refractivity contribution < 1.29 is 15.8 Å². The fraction of sp³-hybridized carbons (Fsp3) is 0.333. The van der Waals surface area contributed by atoms with Gasteiger partial charge in [-0.05, 0) is 60.1 Å². The van der Waals surface area contributed by atoms with E-state index in [1.807, 2.05) is 42.1 Å². The van der Waals surface area contributed by atoms with Crippen LogP contribution < -0.4 is 4.57 Å². The molecule has 1 aliphatic carbocycles. The van der Waals surface area contributed by atoms with E-state index in [0.717, 1.165) is 64.0 Å². The molecule has 0 spiro atoms. The minimum Gasteiger partial charge on any atom is -0.437 e. The monoisotopic (exact) mass is 440 g/mol. The molecule has 0 atom stereocenters. The molecule has 1 saturated carbocycles. The summed E-state index contributed by atoms with van der Waals surface area (Å²) in [6.07, 6.45) is 5.64. The van der Waals surface area contributed by atoms with E-state index in [9.17, 15) is 0 Å². The van der Waals surface area contributed by atoms with Crippen LogP contribution >= 0.6 is 0 Å². The van der Waals surface area contributed by atoms with Gasteiger partial charge < -0.3 is 4.42 Å². The van der Waals surface area contributed by atoms with Crippen molar-refractivity contribution in [2.45, 2.75) is 52.3 Å². The van der Waals surface area contributed by atoms with E-state index in [4.69, 9.17) is 11.3 Å². The Morgan fingerprint density at radius 2 is 1.88 bits per heavy atom. The quantitative estimate of drug-likeness (QED) is 0.274. The van der Waals surface area contributed by atoms with Crippen molar-refractivity contribution in [3.63, 3.8) is 0 Å². The molecular weight excluding hydrogens is 404 g/mol. The first kappa shape index (κ1) is 15.6. The fourth-order valence-corrected chi connectivity index (χ4v) is 5.45. The van der Waals surface area contributed by atoms with Crippen molar-refractivity contribution in [2.24, 2.45) is 13.0 Å². The lowest BCUT2D eigenvalue weighted by Gasteiger charge is -2.21. The highest BCUT2D eigenvalue weighted by Crippen LogP contribution is 2.42. The number of pyridine rings is 2. The van der Waals surface area contributed by atoms with Crippen molar-refractivity contribution in [3.8, 4) is 11.3 Å². The molecule has 0 amide bonds. The molecule has 33 heavy (non-hydrogen) atoms. The van der Waals surface area contributed by atoms with Gasteiger partial charge in [0.25, 0.3) is 0 Å². The Hall–Kier alpha value is -3.20. The van der Waals surface area contributed by atoms with E-state index < -0.39 is 13.2 Å². The lowest BCUT2D eigenvalue weighted by atomic mass is 9.84. The predicted octanol–water partition coefficient (Wildman–Crippen LogP) is 7.37. The molecule has 0 radical (unpaired) electrons. The molecule has 3 heterocycles. The van der Waals surface area contributed by atoms with Gasteiger partial charge in [0.15, 0.2) is 11.8 Å². The molecule has 0 saturated heterocycles. The maximum Gasteiger partial charge on any atom is 0.227 e. The minimum absolute atomic E-state index is 0.000126. The van der Waals surface area contributed by atoms with Crippen molar-refractivity contribution in [2.75, 3.05) is 0 Å². The normalized spacial score (nSPS) is 18.2. The summed E-state index contributed by atoms with van der Waals surface area (Å²) in [6, 6.07) is 15.4. The number of furan rings is 1. The molecule has 3 aromatic heterocycles. The number of aryl methyl sites for hydroxylation is 3. The summed E-state index contributed by atoms with van der Waals surface area (Å²) in [5.74, 6) is 0.00299. The Kier molecular flexibility index (Phi) is 3.78. The highest BCUT2D eigenvalue weighted by Gasteiger charge is 2.25. The van der Waals surface area contributed by atoms with Gasteiger partial charge in [-0.3, -0.25) is 0 Å². The molecule has 2 aromatic carbocycles. The van der Waals surface area contributed by atoms with Crippen molar-refractivity contribution >= 4 is 32.8 Å². The second-order valence-electron chi connectivity index (χ2n) is 9.29. The van der Waals surface area contributed by atoms with Crippen LogP contribution in [0.1, 0.15) is 55.8 Å². The Balaban J connectivity index is 1.65. The van der Waals surface area contributed by atoms with E-state index in [1.54, 1.807) is 12.1 Å². The van der Waals surface area contributed by atoms with Crippen LogP contribution in [-0.4, -0.2) is 4.98 Å². The second kappa shape index (κ2) is 7.98. The van der Waals surface area contributed by atoms with Gasteiger partial charge >= 0.3 is 0 Å². The molecule has 6 rings (SSSR count). The van der Waals surface area contributed by atoms with Crippen LogP contribution in [0.25, 0.3) is 44.1 Å². The highest BCUT2D eigenvalue weighted by atomic mass is 16.3. The number of hydrogen-bond acceptors (Lipinski definition) is 2. The maximum absolute atomic E-state index is 9.08. The minimum atomic E-state index is -2.33. The Morgan fingerprint density at radius 3 is 2.70 bits per heavy atom. The van der Waals surface area contributed by atoms with Crippen LogP contribution in [0.3, 0.4) is 0 Å². The predicted molar refractivity (Wildman–Crippen MR) is 135 cm³/mol. The standard InChI is InChI=1S/C30H31N2O/c1-19-13-14-25-28-24-12-8-7-11-23(24)20(2)27(29(28)33-30(25)31-19)26-18-22(15-16-32(26)3)17-21-9-5-4-6-10-21/h7-8,11-16,18,21H,4-6,9-10,17H2,1-3H3/q+1/i1D3,17D2. The van der Waals surface area contributed by atoms with Gasteiger partial charge in [-0.15, -0.1) is 0 Å². The summed E-state index contributed by atoms with van der Waals surface area (Å²) in [4.78, 5) is 4.40. The number of rotatable bonds is 3. The number of hydrogen-bond donors (Lipinski definition) is 0. The lowest BCUT2D eigenvalue weighted by Crippen LogP contribution is -2.31. The van der Waals surface area contributed by atoms with Gasteiger partial charge in [-0.2, -0.15) is 0 Å². The van der Waals surface area contributed by atoms with Gasteiger partial charge in [0, 0.05) is 35.5 Å².